The minimum absolute atomic E-state index is 0.280. The second-order valence-corrected chi connectivity index (χ2v) is 4.54. The summed E-state index contributed by atoms with van der Waals surface area (Å²) in [7, 11) is 0. The summed E-state index contributed by atoms with van der Waals surface area (Å²) in [6, 6.07) is 0. The first-order chi connectivity index (χ1) is 6.75. The summed E-state index contributed by atoms with van der Waals surface area (Å²) < 4.78 is 4.76. The molecular formula is C7H7N5S2. The van der Waals surface area contributed by atoms with Gasteiger partial charge in [0, 0.05) is 11.8 Å². The molecule has 0 fully saturated rings. The molecule has 2 aromatic rings. The van der Waals surface area contributed by atoms with E-state index in [2.05, 4.69) is 19.3 Å². The van der Waals surface area contributed by atoms with Gasteiger partial charge in [-0.1, -0.05) is 0 Å². The first-order valence-electron chi connectivity index (χ1n) is 3.79. The standard InChI is InChI=1S/C7H7N5S2/c1-4-2-9-6(8)12-5(4)13-7-10-3-11-14-7/h2-3H,1H3,(H2,8,9,12). The molecule has 5 nitrogen and oxygen atoms in total. The van der Waals surface area contributed by atoms with Crippen LogP contribution in [0.15, 0.2) is 21.9 Å². The summed E-state index contributed by atoms with van der Waals surface area (Å²) in [6.45, 7) is 1.93. The summed E-state index contributed by atoms with van der Waals surface area (Å²) in [5.41, 5.74) is 6.47. The van der Waals surface area contributed by atoms with Crippen LogP contribution in [0.1, 0.15) is 5.56 Å². The Balaban J connectivity index is 2.28. The lowest BCUT2D eigenvalue weighted by atomic mass is 10.4. The average molecular weight is 225 g/mol. The number of nitrogens with two attached hydrogens (primary N) is 1. The Morgan fingerprint density at radius 2 is 2.29 bits per heavy atom. The van der Waals surface area contributed by atoms with Gasteiger partial charge in [0.2, 0.25) is 5.95 Å². The van der Waals surface area contributed by atoms with Crippen LogP contribution in [0.3, 0.4) is 0 Å². The van der Waals surface area contributed by atoms with Gasteiger partial charge in [-0.15, -0.1) is 0 Å². The zero-order valence-electron chi connectivity index (χ0n) is 7.34. The Labute approximate surface area is 89.0 Å². The normalized spacial score (nSPS) is 10.4. The van der Waals surface area contributed by atoms with E-state index in [1.807, 2.05) is 6.92 Å². The highest BCUT2D eigenvalue weighted by Gasteiger charge is 2.06. The zero-order chi connectivity index (χ0) is 9.97. The van der Waals surface area contributed by atoms with Crippen molar-refractivity contribution in [3.05, 3.63) is 18.1 Å². The maximum Gasteiger partial charge on any atom is 0.221 e. The summed E-state index contributed by atoms with van der Waals surface area (Å²) in [5.74, 6) is 0.280. The van der Waals surface area contributed by atoms with Crippen molar-refractivity contribution in [2.75, 3.05) is 5.73 Å². The van der Waals surface area contributed by atoms with Gasteiger partial charge in [-0.2, -0.15) is 4.37 Å². The number of hydrogen-bond donors (Lipinski definition) is 1. The highest BCUT2D eigenvalue weighted by molar-refractivity contribution is 8.00. The monoisotopic (exact) mass is 225 g/mol. The number of aromatic nitrogens is 4. The molecule has 7 heteroatoms. The molecule has 0 spiro atoms. The highest BCUT2D eigenvalue weighted by Crippen LogP contribution is 2.28. The molecule has 0 bridgehead atoms. The van der Waals surface area contributed by atoms with Crippen molar-refractivity contribution in [1.82, 2.24) is 19.3 Å². The predicted octanol–water partition coefficient (Wildman–Crippen LogP) is 1.37. The van der Waals surface area contributed by atoms with E-state index < -0.39 is 0 Å². The van der Waals surface area contributed by atoms with Crippen LogP contribution in [0.25, 0.3) is 0 Å². The third kappa shape index (κ3) is 1.99. The van der Waals surface area contributed by atoms with Gasteiger partial charge in [0.25, 0.3) is 0 Å². The number of nitrogen functional groups attached to an aromatic ring is 1. The fourth-order valence-corrected chi connectivity index (χ4v) is 2.25. The van der Waals surface area contributed by atoms with Crippen LogP contribution in [0.4, 0.5) is 5.95 Å². The summed E-state index contributed by atoms with van der Waals surface area (Å²) in [5, 5.41) is 0.828. The minimum atomic E-state index is 0.280. The van der Waals surface area contributed by atoms with Gasteiger partial charge in [0.05, 0.1) is 0 Å². The molecule has 0 atom stereocenters. The van der Waals surface area contributed by atoms with Gasteiger partial charge in [-0.05, 0) is 30.2 Å². The van der Waals surface area contributed by atoms with E-state index in [9.17, 15) is 0 Å². The summed E-state index contributed by atoms with van der Waals surface area (Å²) in [6.07, 6.45) is 3.22. The summed E-state index contributed by atoms with van der Waals surface area (Å²) in [4.78, 5) is 12.1. The molecule has 2 aromatic heterocycles. The van der Waals surface area contributed by atoms with Crippen molar-refractivity contribution < 1.29 is 0 Å². The fraction of sp³-hybridized carbons (Fsp3) is 0.143. The number of hydrogen-bond acceptors (Lipinski definition) is 7. The Kier molecular flexibility index (Phi) is 2.60. The first-order valence-corrected chi connectivity index (χ1v) is 5.38. The molecule has 0 aromatic carbocycles. The third-order valence-corrected chi connectivity index (χ3v) is 3.29. The van der Waals surface area contributed by atoms with Crippen molar-refractivity contribution in [3.8, 4) is 0 Å². The molecule has 0 saturated carbocycles. The number of nitrogens with zero attached hydrogens (tertiary/aromatic N) is 4. The molecule has 0 aliphatic rings. The average Bonchev–Trinajstić information content (AvgIpc) is 2.64. The highest BCUT2D eigenvalue weighted by atomic mass is 32.2. The molecule has 0 saturated heterocycles. The molecular weight excluding hydrogens is 218 g/mol. The molecule has 0 amide bonds. The van der Waals surface area contributed by atoms with Crippen molar-refractivity contribution >= 4 is 29.2 Å². The van der Waals surface area contributed by atoms with E-state index >= 15 is 0 Å². The maximum atomic E-state index is 5.49. The van der Waals surface area contributed by atoms with Crippen molar-refractivity contribution in [2.45, 2.75) is 16.3 Å². The molecule has 0 radical (unpaired) electrons. The van der Waals surface area contributed by atoms with E-state index in [0.717, 1.165) is 14.9 Å². The van der Waals surface area contributed by atoms with E-state index in [1.54, 1.807) is 6.20 Å². The molecule has 0 aliphatic heterocycles. The van der Waals surface area contributed by atoms with Crippen LogP contribution in [-0.4, -0.2) is 19.3 Å². The smallest absolute Gasteiger partial charge is 0.221 e. The Morgan fingerprint density at radius 1 is 1.43 bits per heavy atom. The molecule has 2 rings (SSSR count). The third-order valence-electron chi connectivity index (χ3n) is 1.47. The van der Waals surface area contributed by atoms with Gasteiger partial charge in [0.1, 0.15) is 11.4 Å². The second kappa shape index (κ2) is 3.89. The van der Waals surface area contributed by atoms with E-state index in [1.165, 1.54) is 29.6 Å². The fourth-order valence-electron chi connectivity index (χ4n) is 0.833. The molecule has 2 N–H and O–H groups in total. The maximum absolute atomic E-state index is 5.49. The van der Waals surface area contributed by atoms with E-state index in [0.29, 0.717) is 0 Å². The van der Waals surface area contributed by atoms with Crippen LogP contribution in [0.2, 0.25) is 0 Å². The van der Waals surface area contributed by atoms with Crippen molar-refractivity contribution in [2.24, 2.45) is 0 Å². The Hall–Kier alpha value is -1.21. The second-order valence-electron chi connectivity index (χ2n) is 2.53. The first kappa shape index (κ1) is 9.35. The number of rotatable bonds is 2. The van der Waals surface area contributed by atoms with Crippen molar-refractivity contribution in [1.29, 1.82) is 0 Å². The van der Waals surface area contributed by atoms with Crippen LogP contribution < -0.4 is 5.73 Å². The largest absolute Gasteiger partial charge is 0.368 e. The number of anilines is 1. The lowest BCUT2D eigenvalue weighted by molar-refractivity contribution is 1.02. The lowest BCUT2D eigenvalue weighted by Gasteiger charge is -2.01. The minimum Gasteiger partial charge on any atom is -0.368 e. The summed E-state index contributed by atoms with van der Waals surface area (Å²) >= 11 is 2.78. The van der Waals surface area contributed by atoms with Crippen LogP contribution >= 0.6 is 23.3 Å². The van der Waals surface area contributed by atoms with Crippen LogP contribution in [0.5, 0.6) is 0 Å². The predicted molar refractivity (Wildman–Crippen MR) is 55.2 cm³/mol. The van der Waals surface area contributed by atoms with Crippen LogP contribution in [0, 0.1) is 6.92 Å². The molecule has 72 valence electrons. The molecule has 0 unspecified atom stereocenters. The van der Waals surface area contributed by atoms with Gasteiger partial charge in [-0.3, -0.25) is 0 Å². The van der Waals surface area contributed by atoms with E-state index in [4.69, 9.17) is 5.73 Å². The van der Waals surface area contributed by atoms with Gasteiger partial charge in [-0.25, -0.2) is 15.0 Å². The molecule has 2 heterocycles. The Morgan fingerprint density at radius 3 is 3.00 bits per heavy atom. The van der Waals surface area contributed by atoms with Gasteiger partial charge >= 0.3 is 0 Å². The topological polar surface area (TPSA) is 77.6 Å². The van der Waals surface area contributed by atoms with Gasteiger partial charge < -0.3 is 5.73 Å². The van der Waals surface area contributed by atoms with Crippen LogP contribution in [-0.2, 0) is 0 Å². The SMILES string of the molecule is Cc1cnc(N)nc1Sc1ncns1. The van der Waals surface area contributed by atoms with Crippen molar-refractivity contribution in [3.63, 3.8) is 0 Å². The zero-order valence-corrected chi connectivity index (χ0v) is 8.97. The Bertz CT molecular complexity index is 428. The lowest BCUT2D eigenvalue weighted by Crippen LogP contribution is -1.96. The van der Waals surface area contributed by atoms with E-state index in [-0.39, 0.29) is 5.95 Å². The number of aryl methyl sites for hydroxylation is 1. The van der Waals surface area contributed by atoms with Gasteiger partial charge in [0.15, 0.2) is 4.34 Å². The molecule has 0 aliphatic carbocycles. The molecule has 14 heavy (non-hydrogen) atoms. The quantitative estimate of drug-likeness (QED) is 0.778.